The number of hydrogen-bond donors (Lipinski definition) is 1. The summed E-state index contributed by atoms with van der Waals surface area (Å²) >= 11 is 19.3. The van der Waals surface area contributed by atoms with Crippen molar-refractivity contribution in [2.75, 3.05) is 5.32 Å². The molecule has 0 atom stereocenters. The van der Waals surface area contributed by atoms with Gasteiger partial charge in [0.15, 0.2) is 5.60 Å². The predicted octanol–water partition coefficient (Wildman–Crippen LogP) is 6.23. The number of thiophene rings is 1. The van der Waals surface area contributed by atoms with Gasteiger partial charge in [-0.15, -0.1) is 11.3 Å². The van der Waals surface area contributed by atoms with Crippen LogP contribution in [0.3, 0.4) is 0 Å². The first-order chi connectivity index (χ1) is 9.71. The topological polar surface area (TPSA) is 38.3 Å². The first kappa shape index (κ1) is 18.6. The zero-order chi connectivity index (χ0) is 16.2. The minimum atomic E-state index is -1.08. The molecule has 118 valence electrons. The summed E-state index contributed by atoms with van der Waals surface area (Å²) in [7, 11) is 0. The molecule has 1 heterocycles. The van der Waals surface area contributed by atoms with E-state index in [9.17, 15) is 4.79 Å². The molecule has 0 aromatic carbocycles. The van der Waals surface area contributed by atoms with Crippen LogP contribution in [0.25, 0.3) is 0 Å². The van der Waals surface area contributed by atoms with Gasteiger partial charge in [-0.1, -0.05) is 62.5 Å². The van der Waals surface area contributed by atoms with Crippen LogP contribution in [-0.4, -0.2) is 11.7 Å². The molecule has 1 rings (SSSR count). The Morgan fingerprint density at radius 2 is 1.81 bits per heavy atom. The molecule has 1 aromatic rings. The van der Waals surface area contributed by atoms with Gasteiger partial charge in [0.2, 0.25) is 0 Å². The van der Waals surface area contributed by atoms with Crippen LogP contribution in [-0.2, 0) is 4.74 Å². The second-order valence-corrected chi connectivity index (χ2v) is 7.44. The van der Waals surface area contributed by atoms with Crippen LogP contribution < -0.4 is 5.32 Å². The molecule has 21 heavy (non-hydrogen) atoms. The lowest BCUT2D eigenvalue weighted by Crippen LogP contribution is -2.47. The molecule has 0 saturated carbocycles. The Balaban J connectivity index is 3.08. The Hall–Kier alpha value is -0.420. The molecule has 1 amide bonds. The minimum Gasteiger partial charge on any atom is -0.436 e. The van der Waals surface area contributed by atoms with Crippen molar-refractivity contribution in [2.45, 2.75) is 33.3 Å². The van der Waals surface area contributed by atoms with Gasteiger partial charge in [0.1, 0.15) is 4.49 Å². The van der Waals surface area contributed by atoms with E-state index in [-0.39, 0.29) is 21.4 Å². The van der Waals surface area contributed by atoms with Crippen LogP contribution in [0.4, 0.5) is 9.80 Å². The van der Waals surface area contributed by atoms with Gasteiger partial charge in [-0.05, 0) is 29.3 Å². The molecule has 0 aliphatic heterocycles. The van der Waals surface area contributed by atoms with Crippen LogP contribution in [0, 0.1) is 11.8 Å². The lowest BCUT2D eigenvalue weighted by Gasteiger charge is -2.40. The third kappa shape index (κ3) is 4.28. The predicted molar refractivity (Wildman–Crippen MR) is 91.4 cm³/mol. The molecule has 3 nitrogen and oxygen atoms in total. The van der Waals surface area contributed by atoms with Gasteiger partial charge in [0.25, 0.3) is 0 Å². The fourth-order valence-electron chi connectivity index (χ4n) is 2.23. The van der Waals surface area contributed by atoms with Crippen molar-refractivity contribution in [3.8, 4) is 0 Å². The number of ether oxygens (including phenoxy) is 1. The van der Waals surface area contributed by atoms with Crippen LogP contribution in [0.15, 0.2) is 27.0 Å². The number of anilines is 1. The van der Waals surface area contributed by atoms with Gasteiger partial charge < -0.3 is 4.74 Å². The number of halogens is 3. The summed E-state index contributed by atoms with van der Waals surface area (Å²) in [6.07, 6.45) is -0.590. The van der Waals surface area contributed by atoms with Crippen molar-refractivity contribution in [3.05, 3.63) is 27.0 Å². The summed E-state index contributed by atoms with van der Waals surface area (Å²) < 4.78 is 5.56. The second-order valence-electron chi connectivity index (χ2n) is 5.17. The van der Waals surface area contributed by atoms with Crippen molar-refractivity contribution in [1.82, 2.24) is 0 Å². The molecule has 1 N–H and O–H groups in total. The fourth-order valence-corrected chi connectivity index (χ4v) is 3.60. The summed E-state index contributed by atoms with van der Waals surface area (Å²) in [5.41, 5.74) is -1.08. The van der Waals surface area contributed by atoms with Gasteiger partial charge in [-0.25, -0.2) is 4.79 Å². The highest BCUT2D eigenvalue weighted by molar-refractivity contribution is 7.14. The highest BCUT2D eigenvalue weighted by atomic mass is 35.5. The zero-order valence-electron chi connectivity index (χ0n) is 12.2. The molecule has 0 spiro atoms. The Morgan fingerprint density at radius 3 is 2.19 bits per heavy atom. The second kappa shape index (κ2) is 7.73. The Bertz CT molecular complexity index is 500. The summed E-state index contributed by atoms with van der Waals surface area (Å²) in [6.45, 7) is 7.60. The number of hydrogen-bond acceptors (Lipinski definition) is 3. The maximum Gasteiger partial charge on any atom is 0.413 e. The van der Waals surface area contributed by atoms with Gasteiger partial charge in [0.05, 0.1) is 10.0 Å². The molecule has 0 radical (unpaired) electrons. The Kier molecular flexibility index (Phi) is 6.85. The van der Waals surface area contributed by atoms with Gasteiger partial charge in [-0.3, -0.25) is 5.32 Å². The summed E-state index contributed by atoms with van der Waals surface area (Å²) in [4.78, 5) is 12.2. The van der Waals surface area contributed by atoms with Gasteiger partial charge >= 0.3 is 6.09 Å². The smallest absolute Gasteiger partial charge is 0.413 e. The van der Waals surface area contributed by atoms with Crippen molar-refractivity contribution in [2.24, 2.45) is 11.8 Å². The third-order valence-corrected chi connectivity index (χ3v) is 5.07. The van der Waals surface area contributed by atoms with Crippen LogP contribution in [0.5, 0.6) is 0 Å². The average Bonchev–Trinajstić information content (AvgIpc) is 2.86. The molecule has 7 heteroatoms. The third-order valence-electron chi connectivity index (χ3n) is 3.23. The lowest BCUT2D eigenvalue weighted by molar-refractivity contribution is -0.0171. The molecule has 0 fully saturated rings. The first-order valence-corrected chi connectivity index (χ1v) is 8.47. The average molecular weight is 371 g/mol. The number of amides is 1. The minimum absolute atomic E-state index is 0.0945. The highest BCUT2D eigenvalue weighted by Crippen LogP contribution is 2.43. The van der Waals surface area contributed by atoms with E-state index in [2.05, 4.69) is 5.32 Å². The van der Waals surface area contributed by atoms with Crippen molar-refractivity contribution in [3.63, 3.8) is 0 Å². The molecule has 0 unspecified atom stereocenters. The van der Waals surface area contributed by atoms with Crippen molar-refractivity contribution in [1.29, 1.82) is 0 Å². The van der Waals surface area contributed by atoms with E-state index in [4.69, 9.17) is 39.5 Å². The highest BCUT2D eigenvalue weighted by Gasteiger charge is 2.45. The molecule has 0 aliphatic carbocycles. The molecular formula is C14H18Cl3NO2S. The van der Waals surface area contributed by atoms with E-state index in [1.807, 2.05) is 39.1 Å². The van der Waals surface area contributed by atoms with Gasteiger partial charge in [0, 0.05) is 0 Å². The molecular weight excluding hydrogens is 353 g/mol. The first-order valence-electron chi connectivity index (χ1n) is 6.46. The summed E-state index contributed by atoms with van der Waals surface area (Å²) in [6, 6.07) is 3.62. The van der Waals surface area contributed by atoms with E-state index < -0.39 is 11.7 Å². The molecule has 0 aliphatic rings. The van der Waals surface area contributed by atoms with Crippen LogP contribution in [0.2, 0.25) is 0 Å². The standard InChI is InChI=1S/C14H18Cl3NO2S/c1-8(2)14(9(3)4,11(15)12(16)17)20-13(19)18-10-6-5-7-21-10/h5-9H,1-4H3,(H,18,19). The number of carbonyl (C=O) groups excluding carboxylic acids is 1. The number of rotatable bonds is 5. The summed E-state index contributed by atoms with van der Waals surface area (Å²) in [5, 5.41) is 5.36. The SMILES string of the molecule is CC(C)C(OC(=O)Nc1cccs1)(C(Cl)=C(Cl)Cl)C(C)C. The van der Waals surface area contributed by atoms with E-state index in [1.54, 1.807) is 6.07 Å². The quantitative estimate of drug-likeness (QED) is 0.667. The largest absolute Gasteiger partial charge is 0.436 e. The fraction of sp³-hybridized carbons (Fsp3) is 0.500. The van der Waals surface area contributed by atoms with Crippen molar-refractivity contribution < 1.29 is 9.53 Å². The molecule has 0 bridgehead atoms. The maximum absolute atomic E-state index is 12.2. The summed E-state index contributed by atoms with van der Waals surface area (Å²) in [5.74, 6) is -0.210. The normalized spacial score (nSPS) is 11.7. The van der Waals surface area contributed by atoms with Crippen molar-refractivity contribution >= 4 is 57.2 Å². The Labute approximate surface area is 144 Å². The number of nitrogens with one attached hydrogen (secondary N) is 1. The lowest BCUT2D eigenvalue weighted by atomic mass is 9.80. The van der Waals surface area contributed by atoms with E-state index in [0.717, 1.165) is 0 Å². The zero-order valence-corrected chi connectivity index (χ0v) is 15.3. The van der Waals surface area contributed by atoms with E-state index >= 15 is 0 Å². The maximum atomic E-state index is 12.2. The number of carbonyl (C=O) groups is 1. The Morgan fingerprint density at radius 1 is 1.24 bits per heavy atom. The monoisotopic (exact) mass is 369 g/mol. The molecule has 1 aromatic heterocycles. The molecule has 0 saturated heterocycles. The van der Waals surface area contributed by atoms with E-state index in [1.165, 1.54) is 11.3 Å². The van der Waals surface area contributed by atoms with E-state index in [0.29, 0.717) is 5.00 Å². The van der Waals surface area contributed by atoms with Gasteiger partial charge in [-0.2, -0.15) is 0 Å². The van der Waals surface area contributed by atoms with Crippen LogP contribution in [0.1, 0.15) is 27.7 Å². The van der Waals surface area contributed by atoms with Crippen LogP contribution >= 0.6 is 46.1 Å².